The summed E-state index contributed by atoms with van der Waals surface area (Å²) in [5, 5.41) is 2.06. The highest BCUT2D eigenvalue weighted by Gasteiger charge is 2.31. The van der Waals surface area contributed by atoms with Gasteiger partial charge in [0.25, 0.3) is 0 Å². The Morgan fingerprint density at radius 3 is 0.951 bits per heavy atom. The molecule has 0 saturated heterocycles. The van der Waals surface area contributed by atoms with Gasteiger partial charge in [0.2, 0.25) is 0 Å². The Kier molecular flexibility index (Phi) is 30.2. The van der Waals surface area contributed by atoms with Crippen LogP contribution >= 0.6 is 0 Å². The Morgan fingerprint density at radius 1 is 0.301 bits per heavy atom. The van der Waals surface area contributed by atoms with Crippen molar-refractivity contribution >= 4 is 33.7 Å². The van der Waals surface area contributed by atoms with Crippen molar-refractivity contribution in [3.05, 3.63) is 189 Å². The molecular weight excluding hydrogens is 1270 g/mol. The van der Waals surface area contributed by atoms with Gasteiger partial charge >= 0.3 is 0 Å². The molecule has 0 spiro atoms. The molecule has 554 valence electrons. The molecule has 2 aromatic heterocycles. The molecular formula is C93H126N4O6. The highest BCUT2D eigenvalue weighted by Crippen LogP contribution is 2.43. The molecule has 6 atom stereocenters. The van der Waals surface area contributed by atoms with E-state index < -0.39 is 0 Å². The first-order valence-electron chi connectivity index (χ1n) is 41.0. The maximum absolute atomic E-state index is 7.14. The van der Waals surface area contributed by atoms with E-state index in [1.54, 1.807) is 0 Å². The normalized spacial score (nSPS) is 18.1. The minimum absolute atomic E-state index is 0.422. The lowest BCUT2D eigenvalue weighted by molar-refractivity contribution is 0.199. The summed E-state index contributed by atoms with van der Waals surface area (Å²) in [6, 6.07) is 40.3. The third-order valence-corrected chi connectivity index (χ3v) is 22.5. The predicted octanol–water partition coefficient (Wildman–Crippen LogP) is 23.3. The predicted molar refractivity (Wildman–Crippen MR) is 432 cm³/mol. The second kappa shape index (κ2) is 40.0. The average Bonchev–Trinajstić information content (AvgIpc) is 1.58. The van der Waals surface area contributed by atoms with Gasteiger partial charge in [0, 0.05) is 22.3 Å². The molecule has 4 aliphatic rings. The zero-order valence-corrected chi connectivity index (χ0v) is 65.3. The fourth-order valence-electron chi connectivity index (χ4n) is 15.1. The van der Waals surface area contributed by atoms with Crippen molar-refractivity contribution in [2.24, 2.45) is 45.5 Å². The van der Waals surface area contributed by atoms with Crippen molar-refractivity contribution in [1.29, 1.82) is 0 Å². The Hall–Kier alpha value is -7.72. The number of benzene rings is 4. The van der Waals surface area contributed by atoms with Gasteiger partial charge in [0.05, 0.1) is 84.5 Å². The van der Waals surface area contributed by atoms with Crippen LogP contribution in [-0.2, 0) is 6.67 Å². The van der Waals surface area contributed by atoms with E-state index in [1.807, 2.05) is 0 Å². The Labute approximate surface area is 620 Å². The van der Waals surface area contributed by atoms with Crippen LogP contribution in [0.1, 0.15) is 271 Å². The van der Waals surface area contributed by atoms with Gasteiger partial charge in [-0.1, -0.05) is 235 Å². The first-order valence-corrected chi connectivity index (χ1v) is 41.0. The number of unbranched alkanes of at least 4 members (excludes halogenated alkanes) is 6. The zero-order valence-electron chi connectivity index (χ0n) is 65.3. The second-order valence-electron chi connectivity index (χ2n) is 29.9. The molecule has 6 unspecified atom stereocenters. The number of allylic oxidation sites excluding steroid dienone is 4. The van der Waals surface area contributed by atoms with Crippen molar-refractivity contribution in [2.45, 2.75) is 244 Å². The molecule has 6 aromatic rings. The summed E-state index contributed by atoms with van der Waals surface area (Å²) in [7, 11) is 0. The molecule has 4 aromatic carbocycles. The van der Waals surface area contributed by atoms with Crippen LogP contribution in [0.2, 0.25) is 0 Å². The first-order chi connectivity index (χ1) is 50.5. The van der Waals surface area contributed by atoms with Crippen molar-refractivity contribution < 1.29 is 28.4 Å². The summed E-state index contributed by atoms with van der Waals surface area (Å²) in [6.07, 6.45) is 36.4. The van der Waals surface area contributed by atoms with E-state index in [-0.39, 0.29) is 0 Å². The van der Waals surface area contributed by atoms with E-state index in [4.69, 9.17) is 38.4 Å². The Bertz CT molecular complexity index is 4000. The molecule has 0 saturated carbocycles. The summed E-state index contributed by atoms with van der Waals surface area (Å²) in [6.45, 7) is 31.8. The van der Waals surface area contributed by atoms with E-state index in [0.29, 0.717) is 81.8 Å². The molecule has 10 nitrogen and oxygen atoms in total. The van der Waals surface area contributed by atoms with Gasteiger partial charge in [-0.05, 0) is 193 Å². The third kappa shape index (κ3) is 20.0. The lowest BCUT2D eigenvalue weighted by Gasteiger charge is -2.24. The molecule has 6 heterocycles. The number of rotatable bonds is 46. The topological polar surface area (TPSA) is 90.0 Å². The molecule has 0 aliphatic carbocycles. The smallest absolute Gasteiger partial charge is 0.161 e. The van der Waals surface area contributed by atoms with Gasteiger partial charge < -0.3 is 37.6 Å². The molecule has 0 amide bonds. The maximum Gasteiger partial charge on any atom is 0.161 e. The molecule has 0 fully saturated rings. The Morgan fingerprint density at radius 2 is 0.602 bits per heavy atom. The second-order valence-corrected chi connectivity index (χ2v) is 29.9. The first kappa shape index (κ1) is 77.9. The van der Waals surface area contributed by atoms with Gasteiger partial charge in [-0.25, -0.2) is 9.98 Å². The number of fused-ring (bicyclic) bond motifs is 2. The van der Waals surface area contributed by atoms with Gasteiger partial charge in [0.1, 0.15) is 18.2 Å². The largest absolute Gasteiger partial charge is 0.493 e. The highest BCUT2D eigenvalue weighted by atomic mass is 16.5. The van der Waals surface area contributed by atoms with Crippen molar-refractivity contribution in [1.82, 2.24) is 9.13 Å². The van der Waals surface area contributed by atoms with E-state index >= 15 is 0 Å². The fourth-order valence-corrected chi connectivity index (χ4v) is 15.1. The molecule has 4 aliphatic heterocycles. The van der Waals surface area contributed by atoms with Crippen LogP contribution in [0.5, 0.6) is 34.5 Å². The highest BCUT2D eigenvalue weighted by molar-refractivity contribution is 6.32. The molecule has 10 rings (SSSR count). The summed E-state index contributed by atoms with van der Waals surface area (Å²) in [5.41, 5.74) is 13.8. The lowest BCUT2D eigenvalue weighted by atomic mass is 9.98. The summed E-state index contributed by atoms with van der Waals surface area (Å²) in [5.74, 6) is 7.64. The number of hydrogen-bond acceptors (Lipinski definition) is 8. The maximum atomic E-state index is 7.14. The van der Waals surface area contributed by atoms with Crippen LogP contribution in [-0.4, -0.2) is 60.2 Å². The van der Waals surface area contributed by atoms with Crippen LogP contribution in [0.3, 0.4) is 0 Å². The van der Waals surface area contributed by atoms with Crippen molar-refractivity contribution in [3.63, 3.8) is 0 Å². The van der Waals surface area contributed by atoms with Crippen LogP contribution in [0.4, 0.5) is 0 Å². The van der Waals surface area contributed by atoms with E-state index in [9.17, 15) is 0 Å². The Balaban J connectivity index is 1.24. The molecule has 103 heavy (non-hydrogen) atoms. The molecule has 0 radical (unpaired) electrons. The van der Waals surface area contributed by atoms with E-state index in [2.05, 4.69) is 226 Å². The number of aromatic nitrogens is 2. The summed E-state index contributed by atoms with van der Waals surface area (Å²) in [4.78, 5) is 11.7. The minimum Gasteiger partial charge on any atom is -0.493 e. The van der Waals surface area contributed by atoms with Crippen LogP contribution in [0.15, 0.2) is 155 Å². The van der Waals surface area contributed by atoms with Gasteiger partial charge in [-0.3, -0.25) is 0 Å². The fraction of sp³-hybridized carbons (Fsp3) is 0.527. The molecule has 6 bridgehead atoms. The summed E-state index contributed by atoms with van der Waals surface area (Å²) >= 11 is 0. The summed E-state index contributed by atoms with van der Waals surface area (Å²) < 4.78 is 46.5. The third-order valence-electron chi connectivity index (χ3n) is 22.5. The van der Waals surface area contributed by atoms with Gasteiger partial charge in [-0.15, -0.1) is 0 Å². The lowest BCUT2D eigenvalue weighted by Crippen LogP contribution is -2.36. The van der Waals surface area contributed by atoms with Gasteiger partial charge in [-0.2, -0.15) is 0 Å². The minimum atomic E-state index is 0.422. The molecule has 10 heteroatoms. The van der Waals surface area contributed by atoms with Crippen LogP contribution < -0.4 is 39.1 Å². The monoisotopic (exact) mass is 1390 g/mol. The van der Waals surface area contributed by atoms with Crippen LogP contribution in [0, 0.1) is 35.5 Å². The van der Waals surface area contributed by atoms with Crippen LogP contribution in [0.25, 0.3) is 22.3 Å². The standard InChI is InChI=1S/C93H126N4O6/c1-13-25-31-66(19-7)59-98-76-43-37-72(38-44-76)90-78-47-49-80(94-78)92(74-41-55-86(100-61-68(21-9)33-27-15-3)88(57-74)102-63-70(23-11)35-29-17-5)85-54-52-83-91(73-39-45-77(46-40-73)99-60-67(20-8)32-26-14-2)79-48-50-81(95-79)93(84-53-51-82(90)96(84)65-97(83)85)75-42-56-87(101-62-69(22-10)34-28-16-4)89(58-75)103-64-71(24-12)36-30-18-6/h37-58,66-71H,13-36,59-65H2,1-12H3/b90-78-,90-82?,91-79?,91-83+,92-80?,92-85-,93-81-,93-84?. The van der Waals surface area contributed by atoms with Crippen molar-refractivity contribution in [3.8, 4) is 34.5 Å². The zero-order chi connectivity index (χ0) is 72.5. The van der Waals surface area contributed by atoms with E-state index in [1.165, 1.54) is 77.0 Å². The van der Waals surface area contributed by atoms with E-state index in [0.717, 1.165) is 201 Å². The SMILES string of the molecule is CCCCC(CC)COc1ccc(/C2=C3\C=CC(=N3)/C(c3ccc(OCC(CC)CCCC)c(OCC(CC)CCCC)c3)=c3/cc/c4n3Cn3c2ccc3/C(c2ccc(OCC(CC)CCCC)c(OCC(CC)CCCC)c2)=C2/C=CC(=N2)/C=4c2ccc(OCC(CC)CCCC)cc2)cc1. The average molecular weight is 1400 g/mol. The van der Waals surface area contributed by atoms with Crippen molar-refractivity contribution in [2.75, 3.05) is 39.6 Å². The number of nitrogens with zero attached hydrogens (tertiary/aromatic N) is 4. The number of hydrogen-bond donors (Lipinski definition) is 0. The quantitative estimate of drug-likeness (QED) is 0.0378. The molecule has 0 N–H and O–H groups in total. The van der Waals surface area contributed by atoms with Gasteiger partial charge in [0.15, 0.2) is 23.0 Å². The number of aliphatic imine (C=N–C) groups is 2. The number of ether oxygens (including phenoxy) is 6.